The van der Waals surface area contributed by atoms with Gasteiger partial charge in [-0.1, -0.05) is 18.2 Å². The number of ether oxygens (including phenoxy) is 1. The normalized spacial score (nSPS) is 10.2. The van der Waals surface area contributed by atoms with Crippen LogP contribution in [-0.2, 0) is 0 Å². The Bertz CT molecular complexity index is 489. The molecule has 0 unspecified atom stereocenters. The first-order valence-electron chi connectivity index (χ1n) is 4.72. The lowest BCUT2D eigenvalue weighted by Gasteiger charge is -2.07. The smallest absolute Gasteiger partial charge is 0.134 e. The van der Waals surface area contributed by atoms with Crippen molar-refractivity contribution in [3.05, 3.63) is 54.1 Å². The summed E-state index contributed by atoms with van der Waals surface area (Å²) in [4.78, 5) is 0. The molecule has 1 nitrogen and oxygen atoms in total. The third-order valence-electron chi connectivity index (χ3n) is 2.20. The summed E-state index contributed by atoms with van der Waals surface area (Å²) in [6, 6.07) is 11.4. The highest BCUT2D eigenvalue weighted by molar-refractivity contribution is 5.70. The van der Waals surface area contributed by atoms with Crippen molar-refractivity contribution in [3.63, 3.8) is 0 Å². The Morgan fingerprint density at radius 2 is 1.81 bits per heavy atom. The molecule has 0 aliphatic rings. The molecule has 0 heterocycles. The minimum atomic E-state index is -0.610. The van der Waals surface area contributed by atoms with E-state index in [2.05, 4.69) is 6.07 Å². The molecule has 0 saturated carbocycles. The Morgan fingerprint density at radius 3 is 2.44 bits per heavy atom. The Hall–Kier alpha value is -1.90. The highest BCUT2D eigenvalue weighted by atomic mass is 19.1. The van der Waals surface area contributed by atoms with E-state index in [4.69, 9.17) is 4.74 Å². The summed E-state index contributed by atoms with van der Waals surface area (Å²) in [6.07, 6.45) is 0. The van der Waals surface area contributed by atoms with Gasteiger partial charge in [0.25, 0.3) is 0 Å². The van der Waals surface area contributed by atoms with E-state index in [0.29, 0.717) is 16.9 Å². The van der Waals surface area contributed by atoms with Gasteiger partial charge in [-0.15, -0.1) is 0 Å². The molecule has 3 heteroatoms. The molecule has 2 rings (SSSR count). The molecule has 2 aromatic rings. The van der Waals surface area contributed by atoms with Crippen LogP contribution in [0.2, 0.25) is 0 Å². The SMILES string of the molecule is COc1[c]cccc1-c1cc(F)cc(F)c1. The number of para-hydroxylation sites is 1. The van der Waals surface area contributed by atoms with Crippen molar-refractivity contribution in [2.75, 3.05) is 7.11 Å². The summed E-state index contributed by atoms with van der Waals surface area (Å²) in [5, 5.41) is 0. The van der Waals surface area contributed by atoms with E-state index in [0.717, 1.165) is 6.07 Å². The van der Waals surface area contributed by atoms with Gasteiger partial charge in [-0.3, -0.25) is 0 Å². The van der Waals surface area contributed by atoms with Crippen molar-refractivity contribution in [1.29, 1.82) is 0 Å². The number of benzene rings is 2. The van der Waals surface area contributed by atoms with Crippen LogP contribution < -0.4 is 4.74 Å². The van der Waals surface area contributed by atoms with Crippen LogP contribution in [0.5, 0.6) is 5.75 Å². The summed E-state index contributed by atoms with van der Waals surface area (Å²) in [5.41, 5.74) is 1.05. The maximum Gasteiger partial charge on any atom is 0.134 e. The minimum absolute atomic E-state index is 0.436. The highest BCUT2D eigenvalue weighted by Gasteiger charge is 2.07. The molecule has 2 aromatic carbocycles. The Morgan fingerprint density at radius 1 is 1.12 bits per heavy atom. The standard InChI is InChI=1S/C13H9F2O/c1-16-13-5-3-2-4-12(13)9-6-10(14)8-11(15)7-9/h2-4,6-8H,1H3. The van der Waals surface area contributed by atoms with E-state index in [1.165, 1.54) is 19.2 Å². The second-order valence-corrected chi connectivity index (χ2v) is 3.28. The predicted molar refractivity (Wildman–Crippen MR) is 57.2 cm³/mol. The fourth-order valence-electron chi connectivity index (χ4n) is 1.53. The van der Waals surface area contributed by atoms with Crippen molar-refractivity contribution < 1.29 is 13.5 Å². The number of hydrogen-bond donors (Lipinski definition) is 0. The molecule has 0 bridgehead atoms. The van der Waals surface area contributed by atoms with Crippen molar-refractivity contribution in [3.8, 4) is 16.9 Å². The molecule has 0 N–H and O–H groups in total. The third-order valence-corrected chi connectivity index (χ3v) is 2.20. The monoisotopic (exact) mass is 219 g/mol. The first-order valence-corrected chi connectivity index (χ1v) is 4.72. The van der Waals surface area contributed by atoms with Crippen LogP contribution in [0.3, 0.4) is 0 Å². The van der Waals surface area contributed by atoms with Gasteiger partial charge in [-0.05, 0) is 17.7 Å². The van der Waals surface area contributed by atoms with Gasteiger partial charge in [0.15, 0.2) is 0 Å². The summed E-state index contributed by atoms with van der Waals surface area (Å²) in [7, 11) is 1.49. The number of halogens is 2. The van der Waals surface area contributed by atoms with E-state index < -0.39 is 11.6 Å². The maximum atomic E-state index is 13.1. The Balaban J connectivity index is 2.58. The second kappa shape index (κ2) is 4.31. The van der Waals surface area contributed by atoms with Gasteiger partial charge in [-0.25, -0.2) is 8.78 Å². The fourth-order valence-corrected chi connectivity index (χ4v) is 1.53. The van der Waals surface area contributed by atoms with E-state index >= 15 is 0 Å². The molecule has 81 valence electrons. The van der Waals surface area contributed by atoms with Gasteiger partial charge >= 0.3 is 0 Å². The van der Waals surface area contributed by atoms with Crippen LogP contribution in [0, 0.1) is 17.7 Å². The van der Waals surface area contributed by atoms with Gasteiger partial charge < -0.3 is 4.74 Å². The molecule has 0 fully saturated rings. The molecule has 0 amide bonds. The average molecular weight is 219 g/mol. The maximum absolute atomic E-state index is 13.1. The largest absolute Gasteiger partial charge is 0.495 e. The molecule has 0 spiro atoms. The Kier molecular flexibility index (Phi) is 2.86. The van der Waals surface area contributed by atoms with E-state index in [-0.39, 0.29) is 0 Å². The van der Waals surface area contributed by atoms with E-state index in [9.17, 15) is 8.78 Å². The fraction of sp³-hybridized carbons (Fsp3) is 0.0769. The number of methoxy groups -OCH3 is 1. The minimum Gasteiger partial charge on any atom is -0.495 e. The van der Waals surface area contributed by atoms with Gasteiger partial charge in [-0.2, -0.15) is 0 Å². The third kappa shape index (κ3) is 2.03. The summed E-state index contributed by atoms with van der Waals surface area (Å²) in [5.74, 6) is -0.755. The zero-order chi connectivity index (χ0) is 11.5. The summed E-state index contributed by atoms with van der Waals surface area (Å²) >= 11 is 0. The molecule has 0 saturated heterocycles. The van der Waals surface area contributed by atoms with Crippen molar-refractivity contribution >= 4 is 0 Å². The average Bonchev–Trinajstić information content (AvgIpc) is 2.27. The van der Waals surface area contributed by atoms with E-state index in [1.807, 2.05) is 0 Å². The first kappa shape index (κ1) is 10.6. The van der Waals surface area contributed by atoms with Gasteiger partial charge in [0.2, 0.25) is 0 Å². The van der Waals surface area contributed by atoms with E-state index in [1.54, 1.807) is 18.2 Å². The van der Waals surface area contributed by atoms with Crippen LogP contribution in [-0.4, -0.2) is 7.11 Å². The van der Waals surface area contributed by atoms with Gasteiger partial charge in [0.1, 0.15) is 17.4 Å². The van der Waals surface area contributed by atoms with Crippen molar-refractivity contribution in [2.45, 2.75) is 0 Å². The highest BCUT2D eigenvalue weighted by Crippen LogP contribution is 2.29. The van der Waals surface area contributed by atoms with Crippen LogP contribution >= 0.6 is 0 Å². The lowest BCUT2D eigenvalue weighted by Crippen LogP contribution is -1.89. The summed E-state index contributed by atoms with van der Waals surface area (Å²) < 4.78 is 31.2. The van der Waals surface area contributed by atoms with Crippen LogP contribution in [0.1, 0.15) is 0 Å². The number of hydrogen-bond acceptors (Lipinski definition) is 1. The molecule has 0 atom stereocenters. The summed E-state index contributed by atoms with van der Waals surface area (Å²) in [6.45, 7) is 0. The lowest BCUT2D eigenvalue weighted by atomic mass is 10.0. The van der Waals surface area contributed by atoms with Crippen LogP contribution in [0.15, 0.2) is 36.4 Å². The van der Waals surface area contributed by atoms with Crippen molar-refractivity contribution in [2.24, 2.45) is 0 Å². The van der Waals surface area contributed by atoms with Gasteiger partial charge in [0.05, 0.1) is 7.11 Å². The molecule has 0 aliphatic heterocycles. The lowest BCUT2D eigenvalue weighted by molar-refractivity contribution is 0.415. The molecular weight excluding hydrogens is 210 g/mol. The topological polar surface area (TPSA) is 9.23 Å². The molecule has 1 radical (unpaired) electrons. The number of rotatable bonds is 2. The molecular formula is C13H9F2O. The molecule has 0 aromatic heterocycles. The van der Waals surface area contributed by atoms with Gasteiger partial charge in [0, 0.05) is 17.7 Å². The molecule has 0 aliphatic carbocycles. The Labute approximate surface area is 92.3 Å². The first-order chi connectivity index (χ1) is 7.70. The zero-order valence-electron chi connectivity index (χ0n) is 8.63. The quantitative estimate of drug-likeness (QED) is 0.751. The zero-order valence-corrected chi connectivity index (χ0v) is 8.63. The van der Waals surface area contributed by atoms with Crippen LogP contribution in [0.4, 0.5) is 8.78 Å². The second-order valence-electron chi connectivity index (χ2n) is 3.28. The molecule has 16 heavy (non-hydrogen) atoms. The van der Waals surface area contributed by atoms with Crippen LogP contribution in [0.25, 0.3) is 11.1 Å². The predicted octanol–water partition coefficient (Wildman–Crippen LogP) is 3.44. The van der Waals surface area contributed by atoms with Crippen molar-refractivity contribution in [1.82, 2.24) is 0 Å².